The summed E-state index contributed by atoms with van der Waals surface area (Å²) in [6, 6.07) is -0.808. The maximum Gasteiger partial charge on any atom is 0.268 e. The van der Waals surface area contributed by atoms with E-state index >= 15 is 0 Å². The molecule has 0 rings (SSSR count). The first-order valence-corrected chi connectivity index (χ1v) is 33.9. The fourth-order valence-corrected chi connectivity index (χ4v) is 10.5. The Balaban J connectivity index is 4.04. The molecule has 0 aliphatic carbocycles. The Labute approximate surface area is 467 Å². The van der Waals surface area contributed by atoms with Gasteiger partial charge < -0.3 is 28.8 Å². The monoisotopic (exact) mass is 1070 g/mol. The van der Waals surface area contributed by atoms with Gasteiger partial charge in [-0.05, 0) is 51.4 Å². The molecule has 0 spiro atoms. The van der Waals surface area contributed by atoms with Gasteiger partial charge in [-0.3, -0.25) is 9.36 Å². The summed E-state index contributed by atoms with van der Waals surface area (Å²) in [6.45, 7) is 4.64. The molecule has 0 saturated heterocycles. The van der Waals surface area contributed by atoms with Crippen molar-refractivity contribution in [2.24, 2.45) is 0 Å². The molecule has 2 N–H and O–H groups in total. The number of nitrogens with zero attached hydrogens (tertiary/aromatic N) is 1. The highest BCUT2D eigenvalue weighted by Crippen LogP contribution is 2.38. The number of quaternary nitrogens is 1. The van der Waals surface area contributed by atoms with E-state index in [0.29, 0.717) is 23.9 Å². The minimum Gasteiger partial charge on any atom is -0.756 e. The average Bonchev–Trinajstić information content (AvgIpc) is 3.37. The molecule has 8 nitrogen and oxygen atoms in total. The molecule has 9 heteroatoms. The number of carbonyl (C=O) groups is 1. The Morgan fingerprint density at radius 2 is 0.813 bits per heavy atom. The van der Waals surface area contributed by atoms with E-state index < -0.39 is 20.0 Å². The Hall–Kier alpha value is -1.54. The van der Waals surface area contributed by atoms with Crippen molar-refractivity contribution in [1.82, 2.24) is 5.32 Å². The molecule has 0 bridgehead atoms. The molecule has 0 aliphatic heterocycles. The predicted molar refractivity (Wildman–Crippen MR) is 325 cm³/mol. The Morgan fingerprint density at radius 3 is 1.19 bits per heavy atom. The normalized spacial score (nSPS) is 14.1. The Kier molecular flexibility index (Phi) is 56.0. The molecule has 0 radical (unpaired) electrons. The van der Waals surface area contributed by atoms with Crippen LogP contribution >= 0.6 is 7.82 Å². The van der Waals surface area contributed by atoms with E-state index in [1.54, 1.807) is 0 Å². The molecule has 0 aromatic rings. The number of rotatable bonds is 60. The molecule has 0 aromatic heterocycles. The van der Waals surface area contributed by atoms with Crippen LogP contribution in [0.25, 0.3) is 0 Å². The molecule has 0 fully saturated rings. The molecule has 3 atom stereocenters. The van der Waals surface area contributed by atoms with Gasteiger partial charge >= 0.3 is 0 Å². The minimum absolute atomic E-state index is 0.00951. The fraction of sp³-hybridized carbons (Fsp3) is 0.864. The minimum atomic E-state index is -4.58. The van der Waals surface area contributed by atoms with Gasteiger partial charge in [-0.2, -0.15) is 0 Å². The first-order chi connectivity index (χ1) is 36.5. The van der Waals surface area contributed by atoms with E-state index in [0.717, 1.165) is 70.6 Å². The summed E-state index contributed by atoms with van der Waals surface area (Å²) in [7, 11) is 1.30. The van der Waals surface area contributed by atoms with Crippen LogP contribution in [0.15, 0.2) is 48.6 Å². The van der Waals surface area contributed by atoms with E-state index in [9.17, 15) is 19.4 Å². The van der Waals surface area contributed by atoms with E-state index in [1.807, 2.05) is 21.1 Å². The van der Waals surface area contributed by atoms with Crippen LogP contribution in [-0.2, 0) is 18.4 Å². The lowest BCUT2D eigenvalue weighted by atomic mass is 10.0. The van der Waals surface area contributed by atoms with E-state index in [4.69, 9.17) is 9.05 Å². The predicted octanol–water partition coefficient (Wildman–Crippen LogP) is 19.6. The van der Waals surface area contributed by atoms with E-state index in [2.05, 4.69) is 67.8 Å². The first kappa shape index (κ1) is 73.5. The number of unbranched alkanes of at least 4 members (excludes halogenated alkanes) is 39. The fourth-order valence-electron chi connectivity index (χ4n) is 9.80. The highest BCUT2D eigenvalue weighted by Gasteiger charge is 2.24. The molecular formula is C66H127N2O6P. The topological polar surface area (TPSA) is 108 Å². The number of allylic oxidation sites excluding steroid dienone is 8. The Bertz CT molecular complexity index is 1360. The van der Waals surface area contributed by atoms with Gasteiger partial charge in [0.2, 0.25) is 5.91 Å². The van der Waals surface area contributed by atoms with Gasteiger partial charge in [-0.1, -0.05) is 306 Å². The van der Waals surface area contributed by atoms with E-state index in [1.165, 1.54) is 218 Å². The quantitative estimate of drug-likeness (QED) is 0.0272. The molecule has 0 saturated carbocycles. The van der Waals surface area contributed by atoms with Crippen molar-refractivity contribution in [1.29, 1.82) is 0 Å². The van der Waals surface area contributed by atoms with Crippen molar-refractivity contribution in [2.45, 2.75) is 328 Å². The number of phosphoric acid groups is 1. The molecule has 0 aliphatic rings. The second-order valence-corrected chi connectivity index (χ2v) is 24.9. The number of amides is 1. The van der Waals surface area contributed by atoms with Crippen LogP contribution in [-0.4, -0.2) is 68.5 Å². The number of hydrogen-bond donors (Lipinski definition) is 2. The summed E-state index contributed by atoms with van der Waals surface area (Å²) in [5, 5.41) is 14.1. The van der Waals surface area contributed by atoms with Crippen molar-refractivity contribution in [3.05, 3.63) is 48.6 Å². The largest absolute Gasteiger partial charge is 0.756 e. The van der Waals surface area contributed by atoms with Gasteiger partial charge in [0.25, 0.3) is 7.82 Å². The summed E-state index contributed by atoms with van der Waals surface area (Å²) in [4.78, 5) is 25.6. The summed E-state index contributed by atoms with van der Waals surface area (Å²) in [5.74, 6) is -0.170. The number of aliphatic hydroxyl groups excluding tert-OH is 1. The smallest absolute Gasteiger partial charge is 0.268 e. The number of hydrogen-bond acceptors (Lipinski definition) is 6. The third-order valence-electron chi connectivity index (χ3n) is 14.8. The number of phosphoric ester groups is 1. The van der Waals surface area contributed by atoms with Crippen LogP contribution in [0.5, 0.6) is 0 Å². The third kappa shape index (κ3) is 60.0. The highest BCUT2D eigenvalue weighted by molar-refractivity contribution is 7.45. The van der Waals surface area contributed by atoms with Crippen LogP contribution in [0.3, 0.4) is 0 Å². The van der Waals surface area contributed by atoms with Crippen LogP contribution in [0, 0.1) is 0 Å². The second kappa shape index (κ2) is 57.2. The zero-order valence-corrected chi connectivity index (χ0v) is 51.4. The molecule has 0 heterocycles. The van der Waals surface area contributed by atoms with Crippen molar-refractivity contribution < 1.29 is 32.9 Å². The molecule has 1 amide bonds. The van der Waals surface area contributed by atoms with Crippen LogP contribution in [0.4, 0.5) is 0 Å². The maximum absolute atomic E-state index is 13.0. The SMILES string of the molecule is CC/C=C\C/C=C\C/C=C\C/C=C\CCCCCCCCCCC(=O)NC(COP(=O)([O-])OCC[N+](C)(C)C)C(O)CCCCCCCCCCCCCCCCCCCCCCCCCCCCCCCCCC. The highest BCUT2D eigenvalue weighted by atomic mass is 31.2. The zero-order valence-electron chi connectivity index (χ0n) is 50.5. The molecule has 75 heavy (non-hydrogen) atoms. The van der Waals surface area contributed by atoms with Gasteiger partial charge in [0, 0.05) is 6.42 Å². The summed E-state index contributed by atoms with van der Waals surface area (Å²) >= 11 is 0. The van der Waals surface area contributed by atoms with E-state index in [-0.39, 0.29) is 19.1 Å². The van der Waals surface area contributed by atoms with Crippen molar-refractivity contribution in [3.8, 4) is 0 Å². The van der Waals surface area contributed by atoms with Crippen LogP contribution < -0.4 is 10.2 Å². The lowest BCUT2D eigenvalue weighted by Gasteiger charge is -2.30. The standard InChI is InChI=1S/C66H127N2O6P/c1-6-8-10-12-14-16-18-20-22-24-26-28-29-30-31-32-33-34-35-36-37-38-40-41-43-45-47-49-51-53-55-57-59-65(69)64(63-74-75(71,72)73-62-61-68(3,4)5)67-66(70)60-58-56-54-52-50-48-46-44-42-39-27-25-23-21-19-17-15-13-11-9-7-2/h9,11,15,17,21,23,27,39,64-65,69H,6-8,10,12-14,16,18-20,22,24-26,28-38,40-63H2,1-5H3,(H-,67,70,71,72)/b11-9-,17-15-,23-21-,39-27-. The van der Waals surface area contributed by atoms with Gasteiger partial charge in [0.1, 0.15) is 13.2 Å². The molecule has 0 aromatic carbocycles. The number of aliphatic hydroxyl groups is 1. The van der Waals surface area contributed by atoms with Crippen LogP contribution in [0.2, 0.25) is 0 Å². The summed E-state index contributed by atoms with van der Waals surface area (Å²) in [6.07, 6.45) is 76.0. The molecule has 3 unspecified atom stereocenters. The van der Waals surface area contributed by atoms with Gasteiger partial charge in [0.05, 0.1) is 39.9 Å². The van der Waals surface area contributed by atoms with Crippen LogP contribution in [0.1, 0.15) is 316 Å². The first-order valence-electron chi connectivity index (χ1n) is 32.5. The summed E-state index contributed by atoms with van der Waals surface area (Å²) < 4.78 is 23.5. The van der Waals surface area contributed by atoms with Crippen molar-refractivity contribution in [3.63, 3.8) is 0 Å². The van der Waals surface area contributed by atoms with Gasteiger partial charge in [0.15, 0.2) is 0 Å². The number of carbonyl (C=O) groups excluding carboxylic acids is 1. The van der Waals surface area contributed by atoms with Gasteiger partial charge in [-0.15, -0.1) is 0 Å². The maximum atomic E-state index is 13.0. The molecular weight excluding hydrogens is 948 g/mol. The zero-order chi connectivity index (χ0) is 54.9. The Morgan fingerprint density at radius 1 is 0.480 bits per heavy atom. The number of likely N-dealkylation sites (N-methyl/N-ethyl adjacent to an activating group) is 1. The number of nitrogens with one attached hydrogen (secondary N) is 1. The summed E-state index contributed by atoms with van der Waals surface area (Å²) in [5.41, 5.74) is 0. The average molecular weight is 1080 g/mol. The van der Waals surface area contributed by atoms with Crippen molar-refractivity contribution >= 4 is 13.7 Å². The molecule has 442 valence electrons. The second-order valence-electron chi connectivity index (χ2n) is 23.4. The van der Waals surface area contributed by atoms with Gasteiger partial charge in [-0.25, -0.2) is 0 Å². The lowest BCUT2D eigenvalue weighted by Crippen LogP contribution is -2.46. The van der Waals surface area contributed by atoms with Crippen molar-refractivity contribution in [2.75, 3.05) is 40.9 Å². The lowest BCUT2D eigenvalue weighted by molar-refractivity contribution is -0.870. The third-order valence-corrected chi connectivity index (χ3v) is 15.8.